The maximum atomic E-state index is 12.5. The molecule has 0 aliphatic carbocycles. The second-order valence-electron chi connectivity index (χ2n) is 6.40. The third-order valence-electron chi connectivity index (χ3n) is 4.45. The predicted molar refractivity (Wildman–Crippen MR) is 110 cm³/mol. The van der Waals surface area contributed by atoms with E-state index in [-0.39, 0.29) is 12.5 Å². The van der Waals surface area contributed by atoms with Crippen LogP contribution in [-0.2, 0) is 6.61 Å². The van der Waals surface area contributed by atoms with Crippen LogP contribution in [0.15, 0.2) is 85.1 Å². The second kappa shape index (κ2) is 7.90. The number of imidazole rings is 1. The van der Waals surface area contributed by atoms with Crippen LogP contribution >= 0.6 is 0 Å². The number of carbonyl (C=O) groups excluding carboxylic acids is 1. The van der Waals surface area contributed by atoms with Crippen molar-refractivity contribution in [2.45, 2.75) is 6.61 Å². The van der Waals surface area contributed by atoms with Crippen molar-refractivity contribution in [1.82, 2.24) is 9.97 Å². The molecule has 3 aromatic carbocycles. The van der Waals surface area contributed by atoms with E-state index in [4.69, 9.17) is 5.11 Å². The molecule has 0 radical (unpaired) electrons. The fraction of sp³-hybridized carbons (Fsp3) is 0.0435. The number of aliphatic hydroxyl groups excluding tert-OH is 1. The van der Waals surface area contributed by atoms with Crippen LogP contribution in [0.2, 0.25) is 0 Å². The smallest absolute Gasteiger partial charge is 0.255 e. The van der Waals surface area contributed by atoms with E-state index in [9.17, 15) is 4.79 Å². The Hall–Kier alpha value is -3.70. The Bertz CT molecular complexity index is 1090. The summed E-state index contributed by atoms with van der Waals surface area (Å²) < 4.78 is 0. The van der Waals surface area contributed by atoms with Crippen molar-refractivity contribution >= 4 is 11.6 Å². The fourth-order valence-electron chi connectivity index (χ4n) is 2.94. The molecule has 0 bridgehead atoms. The maximum absolute atomic E-state index is 12.5. The molecule has 0 saturated heterocycles. The quantitative estimate of drug-likeness (QED) is 0.485. The summed E-state index contributed by atoms with van der Waals surface area (Å²) in [7, 11) is 0. The molecule has 5 nitrogen and oxygen atoms in total. The van der Waals surface area contributed by atoms with Crippen molar-refractivity contribution in [1.29, 1.82) is 0 Å². The molecule has 0 aliphatic heterocycles. The van der Waals surface area contributed by atoms with E-state index in [1.807, 2.05) is 54.6 Å². The van der Waals surface area contributed by atoms with Gasteiger partial charge in [-0.05, 0) is 29.8 Å². The lowest BCUT2D eigenvalue weighted by atomic mass is 10.1. The Kier molecular flexibility index (Phi) is 4.99. The van der Waals surface area contributed by atoms with Crippen LogP contribution in [0.3, 0.4) is 0 Å². The molecule has 3 N–H and O–H groups in total. The van der Waals surface area contributed by atoms with Crippen molar-refractivity contribution in [2.24, 2.45) is 0 Å². The number of aromatic amines is 1. The Morgan fingerprint density at radius 2 is 1.68 bits per heavy atom. The van der Waals surface area contributed by atoms with Gasteiger partial charge in [0.2, 0.25) is 0 Å². The Labute approximate surface area is 162 Å². The van der Waals surface area contributed by atoms with Gasteiger partial charge in [0.05, 0.1) is 18.5 Å². The van der Waals surface area contributed by atoms with E-state index in [0.29, 0.717) is 11.3 Å². The van der Waals surface area contributed by atoms with Gasteiger partial charge in [0.25, 0.3) is 5.91 Å². The maximum Gasteiger partial charge on any atom is 0.255 e. The largest absolute Gasteiger partial charge is 0.392 e. The number of hydrogen-bond acceptors (Lipinski definition) is 3. The molecule has 4 aromatic rings. The van der Waals surface area contributed by atoms with Crippen LogP contribution in [0.1, 0.15) is 15.9 Å². The molecule has 1 heterocycles. The standard InChI is InChI=1S/C23H19N3O2/c27-15-16-9-11-18(12-10-16)23(28)25-20-8-4-7-19(13-20)21-14-24-22(26-21)17-5-2-1-3-6-17/h1-14,27H,15H2,(H,24,26)(H,25,28). The van der Waals surface area contributed by atoms with Crippen LogP contribution in [-0.4, -0.2) is 21.0 Å². The lowest BCUT2D eigenvalue weighted by molar-refractivity contribution is 0.102. The van der Waals surface area contributed by atoms with Gasteiger partial charge in [-0.25, -0.2) is 4.98 Å². The van der Waals surface area contributed by atoms with Gasteiger partial charge < -0.3 is 15.4 Å². The summed E-state index contributed by atoms with van der Waals surface area (Å²) >= 11 is 0. The minimum atomic E-state index is -0.198. The number of nitrogens with zero attached hydrogens (tertiary/aromatic N) is 1. The number of aromatic nitrogens is 2. The van der Waals surface area contributed by atoms with Crippen molar-refractivity contribution in [2.75, 3.05) is 5.32 Å². The first-order chi connectivity index (χ1) is 13.7. The molecule has 0 saturated carbocycles. The molecule has 0 atom stereocenters. The summed E-state index contributed by atoms with van der Waals surface area (Å²) in [5.74, 6) is 0.602. The summed E-state index contributed by atoms with van der Waals surface area (Å²) in [6.45, 7) is -0.0426. The summed E-state index contributed by atoms with van der Waals surface area (Å²) in [5, 5.41) is 12.0. The molecule has 0 fully saturated rings. The zero-order valence-corrected chi connectivity index (χ0v) is 15.1. The van der Waals surface area contributed by atoms with E-state index >= 15 is 0 Å². The first-order valence-electron chi connectivity index (χ1n) is 8.95. The first-order valence-corrected chi connectivity index (χ1v) is 8.95. The highest BCUT2D eigenvalue weighted by molar-refractivity contribution is 6.04. The molecule has 0 spiro atoms. The SMILES string of the molecule is O=C(Nc1cccc(-c2cnc(-c3ccccc3)[nH]2)c1)c1ccc(CO)cc1. The van der Waals surface area contributed by atoms with Crippen molar-refractivity contribution < 1.29 is 9.90 Å². The minimum Gasteiger partial charge on any atom is -0.392 e. The minimum absolute atomic E-state index is 0.0426. The molecule has 0 aliphatic rings. The summed E-state index contributed by atoms with van der Waals surface area (Å²) in [6.07, 6.45) is 1.79. The highest BCUT2D eigenvalue weighted by Gasteiger charge is 2.09. The lowest BCUT2D eigenvalue weighted by Crippen LogP contribution is -2.11. The number of amides is 1. The monoisotopic (exact) mass is 369 g/mol. The van der Waals surface area contributed by atoms with Crippen LogP contribution in [0.25, 0.3) is 22.6 Å². The number of rotatable bonds is 5. The van der Waals surface area contributed by atoms with E-state index in [1.165, 1.54) is 0 Å². The van der Waals surface area contributed by atoms with Crippen LogP contribution < -0.4 is 5.32 Å². The molecular formula is C23H19N3O2. The van der Waals surface area contributed by atoms with Gasteiger partial charge in [-0.3, -0.25) is 4.79 Å². The van der Waals surface area contributed by atoms with Crippen LogP contribution in [0, 0.1) is 0 Å². The van der Waals surface area contributed by atoms with E-state index < -0.39 is 0 Å². The van der Waals surface area contributed by atoms with Gasteiger partial charge in [-0.2, -0.15) is 0 Å². The summed E-state index contributed by atoms with van der Waals surface area (Å²) in [5.41, 5.74) is 4.84. The van der Waals surface area contributed by atoms with Gasteiger partial charge in [0.1, 0.15) is 5.82 Å². The average molecular weight is 369 g/mol. The molecular weight excluding hydrogens is 350 g/mol. The van der Waals surface area contributed by atoms with Gasteiger partial charge in [-0.15, -0.1) is 0 Å². The predicted octanol–water partition coefficient (Wildman–Crippen LogP) is 4.49. The lowest BCUT2D eigenvalue weighted by Gasteiger charge is -2.07. The number of H-pyrrole nitrogens is 1. The highest BCUT2D eigenvalue weighted by Crippen LogP contribution is 2.24. The number of carbonyl (C=O) groups is 1. The molecule has 4 rings (SSSR count). The van der Waals surface area contributed by atoms with E-state index in [1.54, 1.807) is 30.5 Å². The molecule has 5 heteroatoms. The molecule has 28 heavy (non-hydrogen) atoms. The first kappa shape index (κ1) is 17.7. The molecule has 1 aromatic heterocycles. The molecule has 0 unspecified atom stereocenters. The number of aliphatic hydroxyl groups is 1. The van der Waals surface area contributed by atoms with Crippen LogP contribution in [0.5, 0.6) is 0 Å². The van der Waals surface area contributed by atoms with Crippen molar-refractivity contribution in [3.8, 4) is 22.6 Å². The van der Waals surface area contributed by atoms with Gasteiger partial charge in [0.15, 0.2) is 0 Å². The zero-order chi connectivity index (χ0) is 19.3. The second-order valence-corrected chi connectivity index (χ2v) is 6.40. The van der Waals surface area contributed by atoms with Crippen molar-refractivity contribution in [3.05, 3.63) is 96.2 Å². The highest BCUT2D eigenvalue weighted by atomic mass is 16.3. The van der Waals surface area contributed by atoms with Gasteiger partial charge >= 0.3 is 0 Å². The third-order valence-corrected chi connectivity index (χ3v) is 4.45. The Morgan fingerprint density at radius 1 is 0.929 bits per heavy atom. The topological polar surface area (TPSA) is 78.0 Å². The summed E-state index contributed by atoms with van der Waals surface area (Å²) in [6, 6.07) is 24.4. The third kappa shape index (κ3) is 3.84. The Morgan fingerprint density at radius 3 is 2.43 bits per heavy atom. The fourth-order valence-corrected chi connectivity index (χ4v) is 2.94. The van der Waals surface area contributed by atoms with Gasteiger partial charge in [0, 0.05) is 22.4 Å². The Balaban J connectivity index is 1.53. The summed E-state index contributed by atoms with van der Waals surface area (Å²) in [4.78, 5) is 20.2. The van der Waals surface area contributed by atoms with E-state index in [0.717, 1.165) is 28.2 Å². The molecule has 1 amide bonds. The zero-order valence-electron chi connectivity index (χ0n) is 15.1. The number of benzene rings is 3. The normalized spacial score (nSPS) is 10.6. The average Bonchev–Trinajstić information content (AvgIpc) is 3.25. The van der Waals surface area contributed by atoms with E-state index in [2.05, 4.69) is 15.3 Å². The van der Waals surface area contributed by atoms with Crippen molar-refractivity contribution in [3.63, 3.8) is 0 Å². The van der Waals surface area contributed by atoms with Gasteiger partial charge in [-0.1, -0.05) is 54.6 Å². The molecule has 138 valence electrons. The van der Waals surface area contributed by atoms with Crippen LogP contribution in [0.4, 0.5) is 5.69 Å². The number of nitrogens with one attached hydrogen (secondary N) is 2. The number of anilines is 1. The number of hydrogen-bond donors (Lipinski definition) is 3.